The number of ether oxygens (including phenoxy) is 2. The summed E-state index contributed by atoms with van der Waals surface area (Å²) in [6, 6.07) is 12.5. The molecule has 1 N–H and O–H groups in total. The summed E-state index contributed by atoms with van der Waals surface area (Å²) in [5.74, 6) is 1.68. The van der Waals surface area contributed by atoms with Gasteiger partial charge in [0, 0.05) is 64.1 Å². The molecule has 0 amide bonds. The van der Waals surface area contributed by atoms with Gasteiger partial charge in [-0.05, 0) is 12.5 Å². The van der Waals surface area contributed by atoms with Crippen molar-refractivity contribution in [3.63, 3.8) is 0 Å². The lowest BCUT2D eigenvalue weighted by Crippen LogP contribution is -2.41. The van der Waals surface area contributed by atoms with E-state index < -0.39 is 0 Å². The number of hydrogen-bond acceptors (Lipinski definition) is 8. The van der Waals surface area contributed by atoms with Gasteiger partial charge >= 0.3 is 0 Å². The largest absolute Gasteiger partial charge is 0.379 e. The molecule has 8 nitrogen and oxygen atoms in total. The number of benzene rings is 1. The van der Waals surface area contributed by atoms with E-state index in [-0.39, 0.29) is 0 Å². The highest BCUT2D eigenvalue weighted by atomic mass is 16.5. The maximum Gasteiger partial charge on any atom is 0.150 e. The van der Waals surface area contributed by atoms with Crippen LogP contribution in [0.3, 0.4) is 0 Å². The Bertz CT molecular complexity index is 894. The number of nitrogens with zero attached hydrogens (tertiary/aromatic N) is 5. The number of likely N-dealkylation sites (N-methyl/N-ethyl adjacent to an activating group) is 1. The summed E-state index contributed by atoms with van der Waals surface area (Å²) in [6.45, 7) is 10.9. The quantitative estimate of drug-likeness (QED) is 0.502. The topological polar surface area (TPSA) is 65.5 Å². The summed E-state index contributed by atoms with van der Waals surface area (Å²) >= 11 is 0. The third-order valence-electron chi connectivity index (χ3n) is 5.85. The first kappa shape index (κ1) is 22.5. The summed E-state index contributed by atoms with van der Waals surface area (Å²) in [6.07, 6.45) is 1.83. The number of aromatic nitrogens is 1. The van der Waals surface area contributed by atoms with Gasteiger partial charge < -0.3 is 19.3 Å². The fourth-order valence-electron chi connectivity index (χ4n) is 3.91. The normalized spacial score (nSPS) is 17.6. The van der Waals surface area contributed by atoms with E-state index in [1.165, 1.54) is 5.56 Å². The molecule has 1 aromatic heterocycles. The zero-order chi connectivity index (χ0) is 22.2. The number of hydrazone groups is 1. The number of morpholine rings is 2. The maximum absolute atomic E-state index is 5.54. The second-order valence-corrected chi connectivity index (χ2v) is 8.33. The van der Waals surface area contributed by atoms with E-state index in [1.54, 1.807) is 0 Å². The number of nitrogens with one attached hydrogen (secondary N) is 1. The zero-order valence-corrected chi connectivity index (χ0v) is 19.2. The standard InChI is InChI=1S/C24H34N6O2/c1-20-4-3-5-21(16-20)19-25-27-23-17-22(30-10-14-32-15-11-30)18-24(26-23)28(2)6-7-29-8-12-31-13-9-29/h3-5,16-19H,6-15H2,1-2H3,(H,26,27)/b25-19+. The van der Waals surface area contributed by atoms with Gasteiger partial charge in [-0.2, -0.15) is 5.10 Å². The Hall–Kier alpha value is -2.68. The van der Waals surface area contributed by atoms with Gasteiger partial charge in [0.15, 0.2) is 5.82 Å². The highest BCUT2D eigenvalue weighted by Crippen LogP contribution is 2.25. The SMILES string of the molecule is Cc1cccc(/C=N/Nc2cc(N3CCOCC3)cc(N(C)CCN3CCOCC3)n2)c1. The first-order valence-electron chi connectivity index (χ1n) is 11.4. The van der Waals surface area contributed by atoms with Crippen LogP contribution in [-0.2, 0) is 9.47 Å². The van der Waals surface area contributed by atoms with Gasteiger partial charge in [-0.15, -0.1) is 0 Å². The summed E-state index contributed by atoms with van der Waals surface area (Å²) in [4.78, 5) is 11.8. The van der Waals surface area contributed by atoms with Crippen LogP contribution < -0.4 is 15.2 Å². The molecule has 172 valence electrons. The zero-order valence-electron chi connectivity index (χ0n) is 19.2. The van der Waals surface area contributed by atoms with Gasteiger partial charge in [0.2, 0.25) is 0 Å². The summed E-state index contributed by atoms with van der Waals surface area (Å²) < 4.78 is 11.0. The van der Waals surface area contributed by atoms with E-state index in [0.717, 1.165) is 88.6 Å². The third-order valence-corrected chi connectivity index (χ3v) is 5.85. The third kappa shape index (κ3) is 6.41. The monoisotopic (exact) mass is 438 g/mol. The predicted octanol–water partition coefficient (Wildman–Crippen LogP) is 2.44. The van der Waals surface area contributed by atoms with Crippen LogP contribution in [0.15, 0.2) is 41.5 Å². The molecule has 1 aromatic carbocycles. The van der Waals surface area contributed by atoms with Crippen molar-refractivity contribution in [1.82, 2.24) is 9.88 Å². The van der Waals surface area contributed by atoms with Crippen molar-refractivity contribution in [2.75, 3.05) is 88.0 Å². The van der Waals surface area contributed by atoms with Gasteiger partial charge in [-0.3, -0.25) is 10.3 Å². The minimum atomic E-state index is 0.742. The van der Waals surface area contributed by atoms with E-state index >= 15 is 0 Å². The molecule has 2 fully saturated rings. The molecular weight excluding hydrogens is 404 g/mol. The Kier molecular flexibility index (Phi) is 7.92. The summed E-state index contributed by atoms with van der Waals surface area (Å²) in [5.41, 5.74) is 6.56. The van der Waals surface area contributed by atoms with E-state index in [4.69, 9.17) is 14.5 Å². The Balaban J connectivity index is 1.47. The van der Waals surface area contributed by atoms with Crippen LogP contribution in [-0.4, -0.2) is 88.8 Å². The molecule has 2 aromatic rings. The van der Waals surface area contributed by atoms with E-state index in [9.17, 15) is 0 Å². The minimum Gasteiger partial charge on any atom is -0.379 e. The molecular formula is C24H34N6O2. The molecule has 2 aliphatic heterocycles. The Labute approximate surface area is 190 Å². The minimum absolute atomic E-state index is 0.742. The molecule has 0 unspecified atom stereocenters. The average molecular weight is 439 g/mol. The number of rotatable bonds is 8. The van der Waals surface area contributed by atoms with Crippen LogP contribution in [0.2, 0.25) is 0 Å². The lowest BCUT2D eigenvalue weighted by molar-refractivity contribution is 0.0393. The first-order valence-corrected chi connectivity index (χ1v) is 11.4. The molecule has 32 heavy (non-hydrogen) atoms. The van der Waals surface area contributed by atoms with Crippen molar-refractivity contribution >= 4 is 23.5 Å². The van der Waals surface area contributed by atoms with Crippen LogP contribution in [0, 0.1) is 6.92 Å². The highest BCUT2D eigenvalue weighted by Gasteiger charge is 2.16. The van der Waals surface area contributed by atoms with Gasteiger partial charge in [0.25, 0.3) is 0 Å². The lowest BCUT2D eigenvalue weighted by atomic mass is 10.2. The fraction of sp³-hybridized carbons (Fsp3) is 0.500. The van der Waals surface area contributed by atoms with Gasteiger partial charge in [0.05, 0.1) is 32.6 Å². The summed E-state index contributed by atoms with van der Waals surface area (Å²) in [5, 5.41) is 4.44. The molecule has 4 rings (SSSR count). The Morgan fingerprint density at radius 3 is 2.56 bits per heavy atom. The van der Waals surface area contributed by atoms with Crippen LogP contribution in [0.5, 0.6) is 0 Å². The molecule has 3 heterocycles. The van der Waals surface area contributed by atoms with E-state index in [1.807, 2.05) is 18.3 Å². The van der Waals surface area contributed by atoms with Crippen molar-refractivity contribution in [2.24, 2.45) is 5.10 Å². The molecule has 8 heteroatoms. The second kappa shape index (κ2) is 11.3. The smallest absolute Gasteiger partial charge is 0.150 e. The van der Waals surface area contributed by atoms with Crippen molar-refractivity contribution in [3.05, 3.63) is 47.5 Å². The molecule has 0 radical (unpaired) electrons. The van der Waals surface area contributed by atoms with E-state index in [0.29, 0.717) is 0 Å². The lowest BCUT2D eigenvalue weighted by Gasteiger charge is -2.31. The highest BCUT2D eigenvalue weighted by molar-refractivity contribution is 5.80. The molecule has 0 saturated carbocycles. The predicted molar refractivity (Wildman–Crippen MR) is 130 cm³/mol. The number of aryl methyl sites for hydroxylation is 1. The number of pyridine rings is 1. The molecule has 0 aliphatic carbocycles. The van der Waals surface area contributed by atoms with E-state index in [2.05, 4.69) is 63.5 Å². The maximum atomic E-state index is 5.54. The van der Waals surface area contributed by atoms with Crippen molar-refractivity contribution in [2.45, 2.75) is 6.92 Å². The molecule has 2 aliphatic rings. The summed E-state index contributed by atoms with van der Waals surface area (Å²) in [7, 11) is 2.10. The second-order valence-electron chi connectivity index (χ2n) is 8.33. The first-order chi connectivity index (χ1) is 15.7. The number of hydrogen-bond donors (Lipinski definition) is 1. The molecule has 0 atom stereocenters. The molecule has 0 spiro atoms. The number of anilines is 3. The van der Waals surface area contributed by atoms with Crippen LogP contribution in [0.1, 0.15) is 11.1 Å². The fourth-order valence-corrected chi connectivity index (χ4v) is 3.91. The Morgan fingerprint density at radius 2 is 1.81 bits per heavy atom. The van der Waals surface area contributed by atoms with Gasteiger partial charge in [0.1, 0.15) is 5.82 Å². The van der Waals surface area contributed by atoms with Crippen LogP contribution in [0.25, 0.3) is 0 Å². The van der Waals surface area contributed by atoms with Crippen molar-refractivity contribution in [1.29, 1.82) is 0 Å². The van der Waals surface area contributed by atoms with Crippen LogP contribution >= 0.6 is 0 Å². The van der Waals surface area contributed by atoms with Crippen LogP contribution in [0.4, 0.5) is 17.3 Å². The van der Waals surface area contributed by atoms with Crippen molar-refractivity contribution < 1.29 is 9.47 Å². The average Bonchev–Trinajstić information content (AvgIpc) is 2.83. The van der Waals surface area contributed by atoms with Gasteiger partial charge in [-0.25, -0.2) is 4.98 Å². The molecule has 2 saturated heterocycles. The van der Waals surface area contributed by atoms with Gasteiger partial charge in [-0.1, -0.05) is 29.8 Å². The van der Waals surface area contributed by atoms with Crippen molar-refractivity contribution in [3.8, 4) is 0 Å². The molecule has 0 bridgehead atoms. The Morgan fingerprint density at radius 1 is 1.06 bits per heavy atom.